The average Bonchev–Trinajstić information content (AvgIpc) is 3.24. The molecule has 1 aliphatic heterocycles. The van der Waals surface area contributed by atoms with Gasteiger partial charge >= 0.3 is 0 Å². The van der Waals surface area contributed by atoms with Crippen LogP contribution in [0.2, 0.25) is 0 Å². The number of carbonyl (C=O) groups excluding carboxylic acids is 1. The van der Waals surface area contributed by atoms with Gasteiger partial charge in [-0.25, -0.2) is 8.42 Å². The Labute approximate surface area is 189 Å². The summed E-state index contributed by atoms with van der Waals surface area (Å²) >= 11 is 2.73. The lowest BCUT2D eigenvalue weighted by molar-refractivity contribution is 0.102. The number of anilines is 2. The summed E-state index contributed by atoms with van der Waals surface area (Å²) in [6, 6.07) is 13.6. The minimum atomic E-state index is -3.80. The molecule has 2 heterocycles. The van der Waals surface area contributed by atoms with Gasteiger partial charge in [-0.15, -0.1) is 16.8 Å². The maximum absolute atomic E-state index is 13.3. The van der Waals surface area contributed by atoms with E-state index in [1.807, 2.05) is 24.3 Å². The van der Waals surface area contributed by atoms with Gasteiger partial charge in [0.25, 0.3) is 15.9 Å². The van der Waals surface area contributed by atoms with Gasteiger partial charge in [0.05, 0.1) is 10.6 Å². The second kappa shape index (κ2) is 9.21. The molecule has 4 rings (SSSR count). The van der Waals surface area contributed by atoms with E-state index in [2.05, 4.69) is 22.1 Å². The SMILES string of the molecule is C=CCSc1nnc(NC(=O)c2cccc(S(=O)(=O)N3CCCc4ccccc43)c2)s1. The van der Waals surface area contributed by atoms with Crippen molar-refractivity contribution in [2.45, 2.75) is 22.1 Å². The summed E-state index contributed by atoms with van der Waals surface area (Å²) in [4.78, 5) is 12.8. The largest absolute Gasteiger partial charge is 0.296 e. The van der Waals surface area contributed by atoms with Gasteiger partial charge in [-0.05, 0) is 42.7 Å². The first kappa shape index (κ1) is 21.5. The highest BCUT2D eigenvalue weighted by Gasteiger charge is 2.29. The Morgan fingerprint density at radius 3 is 2.90 bits per heavy atom. The zero-order valence-electron chi connectivity index (χ0n) is 16.5. The summed E-state index contributed by atoms with van der Waals surface area (Å²) in [5.41, 5.74) is 1.94. The van der Waals surface area contributed by atoms with Gasteiger partial charge in [-0.3, -0.25) is 14.4 Å². The second-order valence-corrected chi connectivity index (χ2v) is 10.9. The predicted octanol–water partition coefficient (Wildman–Crippen LogP) is 4.21. The maximum Gasteiger partial charge on any atom is 0.264 e. The Balaban J connectivity index is 1.56. The first-order chi connectivity index (χ1) is 15.0. The summed E-state index contributed by atoms with van der Waals surface area (Å²) in [6.45, 7) is 4.07. The van der Waals surface area contributed by atoms with Crippen LogP contribution in [0.25, 0.3) is 0 Å². The van der Waals surface area contributed by atoms with Crippen LogP contribution in [0, 0.1) is 0 Å². The topological polar surface area (TPSA) is 92.3 Å². The number of nitrogens with one attached hydrogen (secondary N) is 1. The Morgan fingerprint density at radius 1 is 1.23 bits per heavy atom. The zero-order chi connectivity index (χ0) is 21.8. The number of amides is 1. The van der Waals surface area contributed by atoms with Crippen molar-refractivity contribution in [3.8, 4) is 0 Å². The smallest absolute Gasteiger partial charge is 0.264 e. The first-order valence-corrected chi connectivity index (χ1v) is 12.8. The number of benzene rings is 2. The summed E-state index contributed by atoms with van der Waals surface area (Å²) in [7, 11) is -3.80. The molecule has 31 heavy (non-hydrogen) atoms. The van der Waals surface area contributed by atoms with Crippen molar-refractivity contribution in [3.63, 3.8) is 0 Å². The van der Waals surface area contributed by atoms with E-state index >= 15 is 0 Å². The van der Waals surface area contributed by atoms with Crippen LogP contribution in [0.15, 0.2) is 70.4 Å². The van der Waals surface area contributed by atoms with Crippen LogP contribution >= 0.6 is 23.1 Å². The van der Waals surface area contributed by atoms with Crippen LogP contribution in [-0.4, -0.2) is 36.8 Å². The average molecular weight is 473 g/mol. The lowest BCUT2D eigenvalue weighted by Gasteiger charge is -2.30. The van der Waals surface area contributed by atoms with Gasteiger partial charge < -0.3 is 0 Å². The van der Waals surface area contributed by atoms with Crippen LogP contribution in [0.4, 0.5) is 10.8 Å². The van der Waals surface area contributed by atoms with Crippen LogP contribution < -0.4 is 9.62 Å². The molecule has 0 bridgehead atoms. The van der Waals surface area contributed by atoms with Crippen LogP contribution in [0.5, 0.6) is 0 Å². The van der Waals surface area contributed by atoms with E-state index in [9.17, 15) is 13.2 Å². The van der Waals surface area contributed by atoms with Crippen molar-refractivity contribution in [3.05, 3.63) is 72.3 Å². The molecule has 0 unspecified atom stereocenters. The Morgan fingerprint density at radius 2 is 2.06 bits per heavy atom. The zero-order valence-corrected chi connectivity index (χ0v) is 19.0. The van der Waals surface area contributed by atoms with Gasteiger partial charge in [0.1, 0.15) is 0 Å². The Bertz CT molecular complexity index is 1220. The minimum Gasteiger partial charge on any atom is -0.296 e. The molecule has 10 heteroatoms. The van der Waals surface area contributed by atoms with Crippen molar-refractivity contribution >= 4 is 49.8 Å². The highest BCUT2D eigenvalue weighted by molar-refractivity contribution is 8.01. The fourth-order valence-corrected chi connectivity index (χ4v) is 6.39. The highest BCUT2D eigenvalue weighted by atomic mass is 32.2. The number of nitrogens with zero attached hydrogens (tertiary/aromatic N) is 3. The van der Waals surface area contributed by atoms with E-state index in [1.165, 1.54) is 39.5 Å². The molecule has 0 radical (unpaired) electrons. The third-order valence-corrected chi connectivity index (χ3v) is 8.48. The number of carbonyl (C=O) groups is 1. The minimum absolute atomic E-state index is 0.0799. The van der Waals surface area contributed by atoms with Crippen molar-refractivity contribution in [1.29, 1.82) is 0 Å². The highest BCUT2D eigenvalue weighted by Crippen LogP contribution is 2.32. The molecule has 0 spiro atoms. The molecule has 1 N–H and O–H groups in total. The predicted molar refractivity (Wildman–Crippen MR) is 125 cm³/mol. The van der Waals surface area contributed by atoms with Gasteiger partial charge in [0.15, 0.2) is 4.34 Å². The van der Waals surface area contributed by atoms with E-state index in [-0.39, 0.29) is 10.5 Å². The number of para-hydroxylation sites is 1. The van der Waals surface area contributed by atoms with E-state index in [0.29, 0.717) is 23.1 Å². The molecule has 0 fully saturated rings. The standard InChI is InChI=1S/C21H20N4O3S3/c1-2-13-29-21-24-23-20(30-21)22-19(26)16-8-5-10-17(14-16)31(27,28)25-12-6-9-15-7-3-4-11-18(15)25/h2-5,7-8,10-11,14H,1,6,9,12-13H2,(H,22,23,26). The molecule has 160 valence electrons. The van der Waals surface area contributed by atoms with Crippen LogP contribution in [0.1, 0.15) is 22.3 Å². The Kier molecular flexibility index (Phi) is 6.40. The molecule has 0 atom stereocenters. The number of aromatic nitrogens is 2. The summed E-state index contributed by atoms with van der Waals surface area (Å²) < 4.78 is 28.8. The molecule has 1 amide bonds. The van der Waals surface area contributed by atoms with Crippen LogP contribution in [0.3, 0.4) is 0 Å². The molecule has 7 nitrogen and oxygen atoms in total. The summed E-state index contributed by atoms with van der Waals surface area (Å²) in [6.07, 6.45) is 3.36. The number of hydrogen-bond acceptors (Lipinski definition) is 7. The van der Waals surface area contributed by atoms with Crippen molar-refractivity contribution in [2.24, 2.45) is 0 Å². The number of aryl methyl sites for hydroxylation is 1. The number of hydrogen-bond donors (Lipinski definition) is 1. The number of thioether (sulfide) groups is 1. The summed E-state index contributed by atoms with van der Waals surface area (Å²) in [5, 5.41) is 11.0. The van der Waals surface area contributed by atoms with Gasteiger partial charge in [0, 0.05) is 17.9 Å². The summed E-state index contributed by atoms with van der Waals surface area (Å²) in [5.74, 6) is 0.259. The molecule has 2 aromatic carbocycles. The fraction of sp³-hybridized carbons (Fsp3) is 0.190. The Hall–Kier alpha value is -2.69. The van der Waals surface area contributed by atoms with Crippen molar-refractivity contribution in [2.75, 3.05) is 21.9 Å². The lowest BCUT2D eigenvalue weighted by atomic mass is 10.0. The maximum atomic E-state index is 13.3. The third-order valence-electron chi connectivity index (χ3n) is 4.70. The van der Waals surface area contributed by atoms with E-state index in [0.717, 1.165) is 22.7 Å². The van der Waals surface area contributed by atoms with Gasteiger partial charge in [0.2, 0.25) is 5.13 Å². The fourth-order valence-electron chi connectivity index (χ4n) is 3.29. The van der Waals surface area contributed by atoms with Gasteiger partial charge in [-0.2, -0.15) is 0 Å². The van der Waals surface area contributed by atoms with Crippen LogP contribution in [-0.2, 0) is 16.4 Å². The van der Waals surface area contributed by atoms with E-state index < -0.39 is 15.9 Å². The molecule has 0 aliphatic carbocycles. The van der Waals surface area contributed by atoms with Crippen molar-refractivity contribution < 1.29 is 13.2 Å². The molecule has 3 aromatic rings. The number of rotatable bonds is 7. The first-order valence-electron chi connectivity index (χ1n) is 9.58. The number of fused-ring (bicyclic) bond motifs is 1. The molecular formula is C21H20N4O3S3. The molecule has 1 aliphatic rings. The monoisotopic (exact) mass is 472 g/mol. The number of sulfonamides is 1. The quantitative estimate of drug-likeness (QED) is 0.315. The lowest BCUT2D eigenvalue weighted by Crippen LogP contribution is -2.35. The van der Waals surface area contributed by atoms with Crippen molar-refractivity contribution in [1.82, 2.24) is 10.2 Å². The third kappa shape index (κ3) is 4.65. The second-order valence-electron chi connectivity index (χ2n) is 6.76. The van der Waals surface area contributed by atoms with Gasteiger partial charge in [-0.1, -0.05) is 53.4 Å². The van der Waals surface area contributed by atoms with E-state index in [1.54, 1.807) is 18.2 Å². The normalized spacial score (nSPS) is 13.5. The molecular weight excluding hydrogens is 452 g/mol. The molecule has 1 aromatic heterocycles. The molecule has 0 saturated carbocycles. The molecule has 0 saturated heterocycles. The van der Waals surface area contributed by atoms with E-state index in [4.69, 9.17) is 0 Å².